The smallest absolute Gasteiger partial charge is 0.312 e. The predicted molar refractivity (Wildman–Crippen MR) is 78.9 cm³/mol. The van der Waals surface area contributed by atoms with E-state index >= 15 is 0 Å². The molecule has 0 aliphatic carbocycles. The van der Waals surface area contributed by atoms with Crippen molar-refractivity contribution in [3.05, 3.63) is 26.9 Å². The largest absolute Gasteiger partial charge is 0.395 e. The van der Waals surface area contributed by atoms with Crippen molar-refractivity contribution in [2.75, 3.05) is 37.7 Å². The summed E-state index contributed by atoms with van der Waals surface area (Å²) in [6.45, 7) is 4.94. The number of pyridine rings is 1. The number of aromatic nitrogens is 1. The first-order chi connectivity index (χ1) is 9.52. The van der Waals surface area contributed by atoms with Gasteiger partial charge in [-0.1, -0.05) is 0 Å². The van der Waals surface area contributed by atoms with Crippen LogP contribution in [0.5, 0.6) is 0 Å². The third-order valence-electron chi connectivity index (χ3n) is 3.51. The molecule has 1 aromatic rings. The first-order valence-electron chi connectivity index (χ1n) is 6.42. The fourth-order valence-corrected chi connectivity index (χ4v) is 2.61. The molecular weight excluding hydrogens is 328 g/mol. The van der Waals surface area contributed by atoms with Gasteiger partial charge in [0.05, 0.1) is 11.5 Å². The van der Waals surface area contributed by atoms with Gasteiger partial charge >= 0.3 is 5.69 Å². The van der Waals surface area contributed by atoms with Gasteiger partial charge in [-0.15, -0.1) is 0 Å². The van der Waals surface area contributed by atoms with E-state index < -0.39 is 4.92 Å². The molecule has 2 heterocycles. The predicted octanol–water partition coefficient (Wildman–Crippen LogP) is 1.26. The van der Waals surface area contributed by atoms with Crippen molar-refractivity contribution in [3.8, 4) is 0 Å². The molecule has 0 saturated carbocycles. The van der Waals surface area contributed by atoms with E-state index in [1.807, 2.05) is 11.8 Å². The normalized spacial score (nSPS) is 18.1. The van der Waals surface area contributed by atoms with Gasteiger partial charge in [0.25, 0.3) is 0 Å². The molecule has 1 N–H and O–H groups in total. The number of nitro groups is 1. The van der Waals surface area contributed by atoms with Crippen LogP contribution in [-0.2, 0) is 0 Å². The van der Waals surface area contributed by atoms with Crippen LogP contribution < -0.4 is 4.90 Å². The molecule has 7 nitrogen and oxygen atoms in total. The van der Waals surface area contributed by atoms with Gasteiger partial charge in [-0.3, -0.25) is 15.0 Å². The molecular formula is C12H17BrN4O3. The highest BCUT2D eigenvalue weighted by atomic mass is 79.9. The van der Waals surface area contributed by atoms with Crippen LogP contribution in [0.2, 0.25) is 0 Å². The molecule has 1 fully saturated rings. The van der Waals surface area contributed by atoms with Crippen LogP contribution in [0, 0.1) is 10.1 Å². The summed E-state index contributed by atoms with van der Waals surface area (Å²) in [6, 6.07) is 1.59. The molecule has 110 valence electrons. The van der Waals surface area contributed by atoms with Crippen molar-refractivity contribution in [1.82, 2.24) is 9.88 Å². The Hall–Kier alpha value is -1.25. The molecule has 1 saturated heterocycles. The minimum absolute atomic E-state index is 0.0167. The fourth-order valence-electron chi connectivity index (χ4n) is 2.29. The van der Waals surface area contributed by atoms with Crippen LogP contribution in [0.25, 0.3) is 0 Å². The highest BCUT2D eigenvalue weighted by molar-refractivity contribution is 9.10. The zero-order valence-corrected chi connectivity index (χ0v) is 12.8. The van der Waals surface area contributed by atoms with Gasteiger partial charge in [0.2, 0.25) is 5.82 Å². The van der Waals surface area contributed by atoms with E-state index in [1.165, 1.54) is 6.07 Å². The third-order valence-corrected chi connectivity index (χ3v) is 3.95. The molecule has 1 aliphatic rings. The maximum Gasteiger partial charge on any atom is 0.312 e. The summed E-state index contributed by atoms with van der Waals surface area (Å²) in [5.74, 6) is 0.412. The summed E-state index contributed by atoms with van der Waals surface area (Å²) in [4.78, 5) is 19.0. The molecule has 0 aromatic carbocycles. The Morgan fingerprint density at radius 1 is 1.50 bits per heavy atom. The first kappa shape index (κ1) is 15.1. The maximum absolute atomic E-state index is 11.1. The van der Waals surface area contributed by atoms with E-state index in [2.05, 4.69) is 25.8 Å². The molecule has 0 unspecified atom stereocenters. The summed E-state index contributed by atoms with van der Waals surface area (Å²) in [5, 5.41) is 20.3. The van der Waals surface area contributed by atoms with E-state index in [-0.39, 0.29) is 18.3 Å². The highest BCUT2D eigenvalue weighted by Crippen LogP contribution is 2.29. The number of anilines is 1. The fraction of sp³-hybridized carbons (Fsp3) is 0.583. The van der Waals surface area contributed by atoms with Crippen molar-refractivity contribution in [2.45, 2.75) is 13.0 Å². The Morgan fingerprint density at radius 2 is 2.15 bits per heavy atom. The minimum atomic E-state index is -0.407. The van der Waals surface area contributed by atoms with Gasteiger partial charge in [0, 0.05) is 49.0 Å². The molecule has 8 heteroatoms. The Morgan fingerprint density at radius 3 is 2.70 bits per heavy atom. The standard InChI is InChI=1S/C12H17BrN4O3/c1-9(8-18)15-2-4-16(5-3-15)12-11(17(19)20)6-10(13)7-14-12/h6-7,9,18H,2-5,8H2,1H3/t9-/m0/s1. The van der Waals surface area contributed by atoms with E-state index in [0.29, 0.717) is 23.4 Å². The Kier molecular flexibility index (Phi) is 4.90. The minimum Gasteiger partial charge on any atom is -0.395 e. The zero-order chi connectivity index (χ0) is 14.7. The van der Waals surface area contributed by atoms with Crippen LogP contribution in [0.4, 0.5) is 11.5 Å². The maximum atomic E-state index is 11.1. The van der Waals surface area contributed by atoms with Gasteiger partial charge in [0.1, 0.15) is 0 Å². The molecule has 0 bridgehead atoms. The molecule has 1 atom stereocenters. The van der Waals surface area contributed by atoms with Crippen LogP contribution >= 0.6 is 15.9 Å². The monoisotopic (exact) mass is 344 g/mol. The summed E-state index contributed by atoms with van der Waals surface area (Å²) in [7, 11) is 0. The lowest BCUT2D eigenvalue weighted by atomic mass is 10.2. The van der Waals surface area contributed by atoms with Gasteiger partial charge in [0.15, 0.2) is 0 Å². The molecule has 0 radical (unpaired) electrons. The van der Waals surface area contributed by atoms with Gasteiger partial charge < -0.3 is 10.0 Å². The number of hydrogen-bond donors (Lipinski definition) is 1. The van der Waals surface area contributed by atoms with Crippen LogP contribution in [-0.4, -0.2) is 58.7 Å². The lowest BCUT2D eigenvalue weighted by molar-refractivity contribution is -0.384. The molecule has 1 aromatic heterocycles. The van der Waals surface area contributed by atoms with E-state index in [9.17, 15) is 10.1 Å². The van der Waals surface area contributed by atoms with Crippen molar-refractivity contribution >= 4 is 27.4 Å². The Balaban J connectivity index is 2.13. The molecule has 2 rings (SSSR count). The zero-order valence-electron chi connectivity index (χ0n) is 11.2. The van der Waals surface area contributed by atoms with Gasteiger partial charge in [-0.2, -0.15) is 0 Å². The average molecular weight is 345 g/mol. The van der Waals surface area contributed by atoms with E-state index in [1.54, 1.807) is 6.20 Å². The van der Waals surface area contributed by atoms with Crippen molar-refractivity contribution in [2.24, 2.45) is 0 Å². The number of halogens is 1. The third kappa shape index (κ3) is 3.25. The second-order valence-electron chi connectivity index (χ2n) is 4.81. The second kappa shape index (κ2) is 6.47. The number of aliphatic hydroxyl groups is 1. The lowest BCUT2D eigenvalue weighted by Crippen LogP contribution is -2.50. The number of hydrogen-bond acceptors (Lipinski definition) is 6. The lowest BCUT2D eigenvalue weighted by Gasteiger charge is -2.37. The van der Waals surface area contributed by atoms with Crippen LogP contribution in [0.3, 0.4) is 0 Å². The van der Waals surface area contributed by atoms with E-state index in [0.717, 1.165) is 13.1 Å². The average Bonchev–Trinajstić information content (AvgIpc) is 2.46. The Labute approximate surface area is 125 Å². The van der Waals surface area contributed by atoms with Gasteiger partial charge in [-0.05, 0) is 22.9 Å². The van der Waals surface area contributed by atoms with Crippen molar-refractivity contribution < 1.29 is 10.0 Å². The molecule has 0 amide bonds. The summed E-state index contributed by atoms with van der Waals surface area (Å²) < 4.78 is 0.598. The second-order valence-corrected chi connectivity index (χ2v) is 5.72. The number of rotatable bonds is 4. The first-order valence-corrected chi connectivity index (χ1v) is 7.22. The van der Waals surface area contributed by atoms with Crippen LogP contribution in [0.1, 0.15) is 6.92 Å². The molecule has 0 spiro atoms. The van der Waals surface area contributed by atoms with Gasteiger partial charge in [-0.25, -0.2) is 4.98 Å². The topological polar surface area (TPSA) is 82.7 Å². The number of piperazine rings is 1. The number of aliphatic hydroxyl groups excluding tert-OH is 1. The molecule has 1 aliphatic heterocycles. The SMILES string of the molecule is C[C@@H](CO)N1CCN(c2ncc(Br)cc2[N+](=O)[O-])CC1. The van der Waals surface area contributed by atoms with Crippen LogP contribution in [0.15, 0.2) is 16.7 Å². The highest BCUT2D eigenvalue weighted by Gasteiger charge is 2.26. The number of nitrogens with zero attached hydrogens (tertiary/aromatic N) is 4. The van der Waals surface area contributed by atoms with Crippen molar-refractivity contribution in [3.63, 3.8) is 0 Å². The summed E-state index contributed by atoms with van der Waals surface area (Å²) in [6.07, 6.45) is 1.57. The molecule has 20 heavy (non-hydrogen) atoms. The van der Waals surface area contributed by atoms with Crippen molar-refractivity contribution in [1.29, 1.82) is 0 Å². The van der Waals surface area contributed by atoms with E-state index in [4.69, 9.17) is 5.11 Å². The Bertz CT molecular complexity index is 492. The summed E-state index contributed by atoms with van der Waals surface area (Å²) in [5.41, 5.74) is 0.0167. The quantitative estimate of drug-likeness (QED) is 0.653. The summed E-state index contributed by atoms with van der Waals surface area (Å²) >= 11 is 3.21.